The summed E-state index contributed by atoms with van der Waals surface area (Å²) in [5, 5.41) is 3.79. The van der Waals surface area contributed by atoms with E-state index in [0.29, 0.717) is 11.1 Å². The first-order valence-electron chi connectivity index (χ1n) is 3.79. The first-order chi connectivity index (χ1) is 5.77. The highest BCUT2D eigenvalue weighted by molar-refractivity contribution is 9.10. The van der Waals surface area contributed by atoms with Crippen LogP contribution in [-0.2, 0) is 0 Å². The zero-order chi connectivity index (χ0) is 8.55. The molecule has 1 aliphatic rings. The monoisotopic (exact) mass is 246 g/mol. The number of rotatable bonds is 1. The van der Waals surface area contributed by atoms with Crippen molar-refractivity contribution < 1.29 is 0 Å². The van der Waals surface area contributed by atoms with E-state index in [9.17, 15) is 0 Å². The van der Waals surface area contributed by atoms with Crippen LogP contribution in [0.25, 0.3) is 0 Å². The summed E-state index contributed by atoms with van der Waals surface area (Å²) in [5.41, 5.74) is 1.26. The van der Waals surface area contributed by atoms with Crippen molar-refractivity contribution in [3.05, 3.63) is 27.5 Å². The zero-order valence-electron chi connectivity index (χ0n) is 6.35. The van der Waals surface area contributed by atoms with E-state index < -0.39 is 0 Å². The predicted molar refractivity (Wildman–Crippen MR) is 52.6 cm³/mol. The molecule has 0 aliphatic carbocycles. The van der Waals surface area contributed by atoms with Gasteiger partial charge in [0.1, 0.15) is 5.15 Å². The van der Waals surface area contributed by atoms with Crippen LogP contribution < -0.4 is 5.32 Å². The third-order valence-corrected chi connectivity index (χ3v) is 2.94. The van der Waals surface area contributed by atoms with Crippen LogP contribution in [0, 0.1) is 0 Å². The molecule has 2 nitrogen and oxygen atoms in total. The van der Waals surface area contributed by atoms with Crippen molar-refractivity contribution in [2.45, 2.75) is 5.92 Å². The van der Waals surface area contributed by atoms with Gasteiger partial charge in [0, 0.05) is 29.7 Å². The van der Waals surface area contributed by atoms with Crippen molar-refractivity contribution in [1.82, 2.24) is 10.3 Å². The predicted octanol–water partition coefficient (Wildman–Crippen LogP) is 2.18. The lowest BCUT2D eigenvalue weighted by atomic mass is 9.95. The Morgan fingerprint density at radius 3 is 2.92 bits per heavy atom. The average Bonchev–Trinajstić information content (AvgIpc) is 1.93. The van der Waals surface area contributed by atoms with Crippen LogP contribution in [0.4, 0.5) is 0 Å². The number of halogens is 2. The third kappa shape index (κ3) is 1.49. The van der Waals surface area contributed by atoms with Gasteiger partial charge in [-0.2, -0.15) is 0 Å². The largest absolute Gasteiger partial charge is 0.315 e. The molecule has 0 spiro atoms. The van der Waals surface area contributed by atoms with Crippen molar-refractivity contribution in [3.8, 4) is 0 Å². The fourth-order valence-electron chi connectivity index (χ4n) is 1.25. The molecule has 2 rings (SSSR count). The highest BCUT2D eigenvalue weighted by Gasteiger charge is 2.21. The maximum Gasteiger partial charge on any atom is 0.129 e. The summed E-state index contributed by atoms with van der Waals surface area (Å²) in [7, 11) is 0. The minimum atomic E-state index is 0.570. The molecule has 1 aliphatic heterocycles. The van der Waals surface area contributed by atoms with E-state index >= 15 is 0 Å². The van der Waals surface area contributed by atoms with Gasteiger partial charge in [0.05, 0.1) is 0 Å². The lowest BCUT2D eigenvalue weighted by Gasteiger charge is -2.28. The topological polar surface area (TPSA) is 24.9 Å². The van der Waals surface area contributed by atoms with Crippen molar-refractivity contribution in [2.75, 3.05) is 13.1 Å². The first kappa shape index (κ1) is 8.48. The van der Waals surface area contributed by atoms with E-state index in [-0.39, 0.29) is 0 Å². The van der Waals surface area contributed by atoms with Crippen LogP contribution in [0.3, 0.4) is 0 Å². The van der Waals surface area contributed by atoms with Gasteiger partial charge < -0.3 is 5.32 Å². The molecule has 1 aromatic rings. The molecule has 1 fully saturated rings. The van der Waals surface area contributed by atoms with E-state index in [1.807, 2.05) is 6.07 Å². The Hall–Kier alpha value is -0.120. The molecule has 0 atom stereocenters. The number of nitrogens with zero attached hydrogens (tertiary/aromatic N) is 1. The molecule has 64 valence electrons. The number of hydrogen-bond acceptors (Lipinski definition) is 2. The quantitative estimate of drug-likeness (QED) is 0.770. The van der Waals surface area contributed by atoms with Gasteiger partial charge in [-0.3, -0.25) is 0 Å². The Morgan fingerprint density at radius 2 is 2.33 bits per heavy atom. The fourth-order valence-corrected chi connectivity index (χ4v) is 1.96. The van der Waals surface area contributed by atoms with E-state index in [2.05, 4.69) is 26.2 Å². The van der Waals surface area contributed by atoms with Gasteiger partial charge in [-0.05, 0) is 27.6 Å². The molecule has 0 saturated carbocycles. The smallest absolute Gasteiger partial charge is 0.129 e. The van der Waals surface area contributed by atoms with E-state index in [4.69, 9.17) is 11.6 Å². The molecule has 0 radical (unpaired) electrons. The van der Waals surface area contributed by atoms with Crippen molar-refractivity contribution in [3.63, 3.8) is 0 Å². The van der Waals surface area contributed by atoms with E-state index in [1.54, 1.807) is 6.20 Å². The number of nitrogens with one attached hydrogen (secondary N) is 1. The Morgan fingerprint density at radius 1 is 1.58 bits per heavy atom. The van der Waals surface area contributed by atoms with Crippen LogP contribution in [0.2, 0.25) is 5.15 Å². The molecule has 1 aromatic heterocycles. The molecule has 12 heavy (non-hydrogen) atoms. The molecular weight excluding hydrogens is 239 g/mol. The summed E-state index contributed by atoms with van der Waals surface area (Å²) in [6.45, 7) is 2.08. The van der Waals surface area contributed by atoms with Crippen LogP contribution in [-0.4, -0.2) is 18.1 Å². The highest BCUT2D eigenvalue weighted by Crippen LogP contribution is 2.28. The Labute approximate surface area is 84.5 Å². The minimum absolute atomic E-state index is 0.570. The van der Waals surface area contributed by atoms with Crippen LogP contribution in [0.1, 0.15) is 11.5 Å². The summed E-state index contributed by atoms with van der Waals surface area (Å²) in [4.78, 5) is 3.98. The van der Waals surface area contributed by atoms with Crippen molar-refractivity contribution >= 4 is 27.5 Å². The number of hydrogen-bond donors (Lipinski definition) is 1. The second-order valence-electron chi connectivity index (χ2n) is 2.88. The Kier molecular flexibility index (Phi) is 2.35. The zero-order valence-corrected chi connectivity index (χ0v) is 8.69. The van der Waals surface area contributed by atoms with Gasteiger partial charge in [0.25, 0.3) is 0 Å². The summed E-state index contributed by atoms with van der Waals surface area (Å²) in [6.07, 6.45) is 1.76. The lowest BCUT2D eigenvalue weighted by Crippen LogP contribution is -2.40. The van der Waals surface area contributed by atoms with Crippen LogP contribution in [0.5, 0.6) is 0 Å². The summed E-state index contributed by atoms with van der Waals surface area (Å²) >= 11 is 9.25. The first-order valence-corrected chi connectivity index (χ1v) is 4.96. The van der Waals surface area contributed by atoms with Gasteiger partial charge in [0.2, 0.25) is 0 Å². The van der Waals surface area contributed by atoms with E-state index in [0.717, 1.165) is 17.6 Å². The maximum atomic E-state index is 5.79. The van der Waals surface area contributed by atoms with Crippen LogP contribution in [0.15, 0.2) is 16.7 Å². The molecular formula is C8H8BrClN2. The Balaban J connectivity index is 2.34. The molecule has 2 heterocycles. The highest BCUT2D eigenvalue weighted by atomic mass is 79.9. The van der Waals surface area contributed by atoms with Gasteiger partial charge >= 0.3 is 0 Å². The SMILES string of the molecule is Clc1cc(C2CNC2)c(Br)cn1. The molecule has 4 heteroatoms. The molecule has 0 amide bonds. The second-order valence-corrected chi connectivity index (χ2v) is 4.13. The number of pyridine rings is 1. The average molecular weight is 248 g/mol. The minimum Gasteiger partial charge on any atom is -0.315 e. The fraction of sp³-hybridized carbons (Fsp3) is 0.375. The maximum absolute atomic E-state index is 5.79. The molecule has 0 bridgehead atoms. The van der Waals surface area contributed by atoms with E-state index in [1.165, 1.54) is 5.56 Å². The van der Waals surface area contributed by atoms with Gasteiger partial charge in [-0.1, -0.05) is 11.6 Å². The van der Waals surface area contributed by atoms with Crippen LogP contribution >= 0.6 is 27.5 Å². The van der Waals surface area contributed by atoms with Gasteiger partial charge in [-0.25, -0.2) is 4.98 Å². The number of aromatic nitrogens is 1. The van der Waals surface area contributed by atoms with Crippen molar-refractivity contribution in [2.24, 2.45) is 0 Å². The van der Waals surface area contributed by atoms with Gasteiger partial charge in [-0.15, -0.1) is 0 Å². The Bertz CT molecular complexity index is 299. The third-order valence-electron chi connectivity index (χ3n) is 2.07. The normalized spacial score (nSPS) is 17.5. The lowest BCUT2D eigenvalue weighted by molar-refractivity contribution is 0.447. The molecule has 0 unspecified atom stereocenters. The molecule has 0 aromatic carbocycles. The summed E-state index contributed by atoms with van der Waals surface area (Å²) in [6, 6.07) is 1.93. The molecule has 1 saturated heterocycles. The second kappa shape index (κ2) is 3.32. The standard InChI is InChI=1S/C8H8BrClN2/c9-7-4-12-8(10)1-6(7)5-2-11-3-5/h1,4-5,11H,2-3H2. The summed E-state index contributed by atoms with van der Waals surface area (Å²) < 4.78 is 1.05. The van der Waals surface area contributed by atoms with Gasteiger partial charge in [0.15, 0.2) is 0 Å². The molecule has 1 N–H and O–H groups in total. The summed E-state index contributed by atoms with van der Waals surface area (Å²) in [5.74, 6) is 0.597. The van der Waals surface area contributed by atoms with Crippen molar-refractivity contribution in [1.29, 1.82) is 0 Å².